The van der Waals surface area contributed by atoms with Gasteiger partial charge >= 0.3 is 0 Å². The summed E-state index contributed by atoms with van der Waals surface area (Å²) in [6.45, 7) is 3.76. The van der Waals surface area contributed by atoms with E-state index in [1.165, 1.54) is 17.4 Å². The Kier molecular flexibility index (Phi) is 6.08. The third-order valence-corrected chi connectivity index (χ3v) is 5.26. The minimum Gasteiger partial charge on any atom is -0.312 e. The van der Waals surface area contributed by atoms with Gasteiger partial charge in [0.2, 0.25) is 0 Å². The van der Waals surface area contributed by atoms with Crippen LogP contribution in [0.1, 0.15) is 16.7 Å². The molecule has 0 saturated carbocycles. The minimum atomic E-state index is -2.96. The molecule has 2 aromatic carbocycles. The van der Waals surface area contributed by atoms with Crippen LogP contribution < -0.4 is 5.32 Å². The van der Waals surface area contributed by atoms with Gasteiger partial charge in [0.1, 0.15) is 9.84 Å². The fourth-order valence-electron chi connectivity index (χ4n) is 2.88. The maximum Gasteiger partial charge on any atom is 0.148 e. The van der Waals surface area contributed by atoms with Crippen molar-refractivity contribution in [3.8, 4) is 11.3 Å². The zero-order valence-electron chi connectivity index (χ0n) is 15.7. The first-order chi connectivity index (χ1) is 12.9. The molecule has 0 amide bonds. The Bertz CT molecular complexity index is 978. The smallest absolute Gasteiger partial charge is 0.148 e. The van der Waals surface area contributed by atoms with Crippen LogP contribution in [0.25, 0.3) is 11.3 Å². The van der Waals surface area contributed by atoms with Gasteiger partial charge < -0.3 is 5.32 Å². The highest BCUT2D eigenvalue weighted by Crippen LogP contribution is 2.23. The molecule has 6 heteroatoms. The second-order valence-electron chi connectivity index (χ2n) is 6.86. The highest BCUT2D eigenvalue weighted by molar-refractivity contribution is 7.90. The number of sulfone groups is 1. The molecule has 0 radical (unpaired) electrons. The van der Waals surface area contributed by atoms with E-state index in [4.69, 9.17) is 5.10 Å². The standard InChI is InChI=1S/C21H25N3O2S/c1-17-8-10-19(11-9-17)21-20(14-22-12-13-27(2,25)26)16-24(23-21)15-18-6-4-3-5-7-18/h3-11,16,22H,12-15H2,1-2H3. The molecule has 142 valence electrons. The van der Waals surface area contributed by atoms with E-state index in [0.717, 1.165) is 16.8 Å². The van der Waals surface area contributed by atoms with Gasteiger partial charge in [-0.25, -0.2) is 8.42 Å². The number of rotatable bonds is 8. The van der Waals surface area contributed by atoms with Crippen LogP contribution in [-0.2, 0) is 22.9 Å². The van der Waals surface area contributed by atoms with E-state index >= 15 is 0 Å². The number of hydrogen-bond acceptors (Lipinski definition) is 4. The molecule has 0 aliphatic heterocycles. The normalized spacial score (nSPS) is 11.6. The van der Waals surface area contributed by atoms with Crippen LogP contribution in [0.5, 0.6) is 0 Å². The van der Waals surface area contributed by atoms with Crippen molar-refractivity contribution in [3.63, 3.8) is 0 Å². The van der Waals surface area contributed by atoms with Gasteiger partial charge in [-0.1, -0.05) is 60.2 Å². The van der Waals surface area contributed by atoms with E-state index in [1.54, 1.807) is 0 Å². The fraction of sp³-hybridized carbons (Fsp3) is 0.286. The molecule has 27 heavy (non-hydrogen) atoms. The molecule has 0 bridgehead atoms. The van der Waals surface area contributed by atoms with Crippen molar-refractivity contribution in [2.75, 3.05) is 18.6 Å². The van der Waals surface area contributed by atoms with Crippen molar-refractivity contribution in [1.82, 2.24) is 15.1 Å². The average molecular weight is 384 g/mol. The second kappa shape index (κ2) is 8.50. The largest absolute Gasteiger partial charge is 0.312 e. The zero-order valence-corrected chi connectivity index (χ0v) is 16.5. The van der Waals surface area contributed by atoms with Crippen LogP contribution in [0.2, 0.25) is 0 Å². The Morgan fingerprint density at radius 2 is 1.74 bits per heavy atom. The number of nitrogens with one attached hydrogen (secondary N) is 1. The molecule has 3 rings (SSSR count). The number of aromatic nitrogens is 2. The lowest BCUT2D eigenvalue weighted by Crippen LogP contribution is -2.22. The summed E-state index contributed by atoms with van der Waals surface area (Å²) in [5.41, 5.74) is 5.44. The summed E-state index contributed by atoms with van der Waals surface area (Å²) >= 11 is 0. The quantitative estimate of drug-likeness (QED) is 0.607. The molecule has 0 atom stereocenters. The molecule has 0 spiro atoms. The highest BCUT2D eigenvalue weighted by atomic mass is 32.2. The lowest BCUT2D eigenvalue weighted by molar-refractivity contribution is 0.596. The van der Waals surface area contributed by atoms with Crippen LogP contribution in [0, 0.1) is 6.92 Å². The van der Waals surface area contributed by atoms with E-state index in [0.29, 0.717) is 19.6 Å². The minimum absolute atomic E-state index is 0.130. The van der Waals surface area contributed by atoms with Crippen molar-refractivity contribution in [1.29, 1.82) is 0 Å². The monoisotopic (exact) mass is 383 g/mol. The SMILES string of the molecule is Cc1ccc(-c2nn(Cc3ccccc3)cc2CNCCS(C)(=O)=O)cc1. The van der Waals surface area contributed by atoms with Crippen LogP contribution in [0.4, 0.5) is 0 Å². The molecule has 1 N–H and O–H groups in total. The summed E-state index contributed by atoms with van der Waals surface area (Å²) in [6, 6.07) is 18.5. The Balaban J connectivity index is 1.81. The van der Waals surface area contributed by atoms with Gasteiger partial charge in [-0.15, -0.1) is 0 Å². The predicted molar refractivity (Wildman–Crippen MR) is 109 cm³/mol. The van der Waals surface area contributed by atoms with E-state index in [1.807, 2.05) is 29.1 Å². The maximum atomic E-state index is 11.3. The molecular formula is C21H25N3O2S. The molecule has 5 nitrogen and oxygen atoms in total. The molecule has 0 saturated heterocycles. The number of hydrogen-bond donors (Lipinski definition) is 1. The summed E-state index contributed by atoms with van der Waals surface area (Å²) in [7, 11) is -2.96. The first-order valence-corrected chi connectivity index (χ1v) is 11.0. The third kappa shape index (κ3) is 5.77. The maximum absolute atomic E-state index is 11.3. The Morgan fingerprint density at radius 1 is 1.04 bits per heavy atom. The van der Waals surface area contributed by atoms with Gasteiger partial charge in [-0.05, 0) is 12.5 Å². The van der Waals surface area contributed by atoms with E-state index in [9.17, 15) is 8.42 Å². The van der Waals surface area contributed by atoms with Crippen molar-refractivity contribution in [2.24, 2.45) is 0 Å². The van der Waals surface area contributed by atoms with Crippen LogP contribution >= 0.6 is 0 Å². The number of aryl methyl sites for hydroxylation is 1. The Morgan fingerprint density at radius 3 is 2.41 bits per heavy atom. The van der Waals surface area contributed by atoms with Crippen molar-refractivity contribution < 1.29 is 8.42 Å². The first-order valence-electron chi connectivity index (χ1n) is 8.96. The average Bonchev–Trinajstić information content (AvgIpc) is 3.02. The van der Waals surface area contributed by atoms with Gasteiger partial charge in [-0.2, -0.15) is 5.10 Å². The molecule has 1 aromatic heterocycles. The van der Waals surface area contributed by atoms with Crippen LogP contribution in [0.3, 0.4) is 0 Å². The van der Waals surface area contributed by atoms with E-state index < -0.39 is 9.84 Å². The number of benzene rings is 2. The molecule has 3 aromatic rings. The summed E-state index contributed by atoms with van der Waals surface area (Å²) in [6.07, 6.45) is 3.29. The second-order valence-corrected chi connectivity index (χ2v) is 9.12. The molecule has 0 aliphatic rings. The predicted octanol–water partition coefficient (Wildman–Crippen LogP) is 3.04. The summed E-state index contributed by atoms with van der Waals surface area (Å²) in [5, 5.41) is 8.02. The molecule has 0 unspecified atom stereocenters. The van der Waals surface area contributed by atoms with Gasteiger partial charge in [0, 0.05) is 36.7 Å². The summed E-state index contributed by atoms with van der Waals surface area (Å²) in [5.74, 6) is 0.130. The Hall–Kier alpha value is -2.44. The van der Waals surface area contributed by atoms with Crippen molar-refractivity contribution in [3.05, 3.63) is 77.5 Å². The lowest BCUT2D eigenvalue weighted by Gasteiger charge is -2.05. The summed E-state index contributed by atoms with van der Waals surface area (Å²) in [4.78, 5) is 0. The third-order valence-electron chi connectivity index (χ3n) is 4.31. The number of nitrogens with zero attached hydrogens (tertiary/aromatic N) is 2. The van der Waals surface area contributed by atoms with Crippen LogP contribution in [-0.4, -0.2) is 36.8 Å². The van der Waals surface area contributed by atoms with Gasteiger partial charge in [0.05, 0.1) is 18.0 Å². The molecule has 0 aliphatic carbocycles. The zero-order chi connectivity index (χ0) is 19.3. The van der Waals surface area contributed by atoms with Crippen molar-refractivity contribution >= 4 is 9.84 Å². The molecular weight excluding hydrogens is 358 g/mol. The Labute approximate surface area is 161 Å². The molecule has 1 heterocycles. The topological polar surface area (TPSA) is 64.0 Å². The van der Waals surface area contributed by atoms with E-state index in [-0.39, 0.29) is 5.75 Å². The highest BCUT2D eigenvalue weighted by Gasteiger charge is 2.12. The van der Waals surface area contributed by atoms with Gasteiger partial charge in [0.15, 0.2) is 0 Å². The van der Waals surface area contributed by atoms with Crippen LogP contribution in [0.15, 0.2) is 60.8 Å². The van der Waals surface area contributed by atoms with E-state index in [2.05, 4.69) is 48.6 Å². The fourth-order valence-corrected chi connectivity index (χ4v) is 3.39. The first kappa shape index (κ1) is 19.3. The van der Waals surface area contributed by atoms with Crippen molar-refractivity contribution in [2.45, 2.75) is 20.0 Å². The summed E-state index contributed by atoms with van der Waals surface area (Å²) < 4.78 is 24.6. The lowest BCUT2D eigenvalue weighted by atomic mass is 10.1. The van der Waals surface area contributed by atoms with Gasteiger partial charge in [0.25, 0.3) is 0 Å². The van der Waals surface area contributed by atoms with Gasteiger partial charge in [-0.3, -0.25) is 4.68 Å². The molecule has 0 fully saturated rings.